The highest BCUT2D eigenvalue weighted by molar-refractivity contribution is 5.44. The fraction of sp³-hybridized carbons (Fsp3) is 0.200. The van der Waals surface area contributed by atoms with E-state index < -0.39 is 0 Å². The molecule has 4 heteroatoms. The number of rotatable bonds is 1. The normalized spacial score (nSPS) is 10.4. The maximum Gasteiger partial charge on any atom is 0.156 e. The molecule has 14 heavy (non-hydrogen) atoms. The largest absolute Gasteiger partial charge is 0.397 e. The molecule has 0 unspecified atom stereocenters. The summed E-state index contributed by atoms with van der Waals surface area (Å²) < 4.78 is 1.75. The minimum Gasteiger partial charge on any atom is -0.397 e. The van der Waals surface area contributed by atoms with E-state index in [0.717, 1.165) is 17.1 Å². The van der Waals surface area contributed by atoms with Gasteiger partial charge in [-0.15, -0.1) is 0 Å². The van der Waals surface area contributed by atoms with Gasteiger partial charge in [0.1, 0.15) is 0 Å². The first-order valence-corrected chi connectivity index (χ1v) is 4.41. The summed E-state index contributed by atoms with van der Waals surface area (Å²) >= 11 is 0. The molecule has 2 aromatic heterocycles. The monoisotopic (exact) mass is 188 g/mol. The van der Waals surface area contributed by atoms with Crippen molar-refractivity contribution in [1.29, 1.82) is 0 Å². The fourth-order valence-corrected chi connectivity index (χ4v) is 1.36. The van der Waals surface area contributed by atoms with Crippen LogP contribution in [0, 0.1) is 13.8 Å². The van der Waals surface area contributed by atoms with E-state index in [4.69, 9.17) is 5.73 Å². The van der Waals surface area contributed by atoms with Crippen molar-refractivity contribution in [2.75, 3.05) is 5.73 Å². The SMILES string of the molecule is Cc1ccn(-c2ncc(N)cc2C)n1. The molecule has 4 nitrogen and oxygen atoms in total. The number of pyridine rings is 1. The molecule has 0 aliphatic heterocycles. The van der Waals surface area contributed by atoms with Crippen molar-refractivity contribution < 1.29 is 0 Å². The van der Waals surface area contributed by atoms with Crippen molar-refractivity contribution in [3.8, 4) is 5.82 Å². The van der Waals surface area contributed by atoms with Crippen LogP contribution in [0.2, 0.25) is 0 Å². The van der Waals surface area contributed by atoms with E-state index >= 15 is 0 Å². The van der Waals surface area contributed by atoms with Crippen molar-refractivity contribution in [1.82, 2.24) is 14.8 Å². The van der Waals surface area contributed by atoms with Crippen LogP contribution < -0.4 is 5.73 Å². The van der Waals surface area contributed by atoms with Crippen molar-refractivity contribution in [2.24, 2.45) is 0 Å². The summed E-state index contributed by atoms with van der Waals surface area (Å²) in [5.74, 6) is 0.826. The third-order valence-corrected chi connectivity index (χ3v) is 2.01. The summed E-state index contributed by atoms with van der Waals surface area (Å²) in [4.78, 5) is 4.24. The van der Waals surface area contributed by atoms with Gasteiger partial charge in [-0.05, 0) is 31.5 Å². The molecular weight excluding hydrogens is 176 g/mol. The van der Waals surface area contributed by atoms with E-state index in [-0.39, 0.29) is 0 Å². The van der Waals surface area contributed by atoms with Gasteiger partial charge < -0.3 is 5.73 Å². The third-order valence-electron chi connectivity index (χ3n) is 2.01. The van der Waals surface area contributed by atoms with Crippen LogP contribution >= 0.6 is 0 Å². The van der Waals surface area contributed by atoms with Crippen LogP contribution in [-0.4, -0.2) is 14.8 Å². The minimum absolute atomic E-state index is 0.676. The van der Waals surface area contributed by atoms with Crippen molar-refractivity contribution >= 4 is 5.69 Å². The Morgan fingerprint density at radius 2 is 2.14 bits per heavy atom. The lowest BCUT2D eigenvalue weighted by Gasteiger charge is -2.04. The summed E-state index contributed by atoms with van der Waals surface area (Å²) in [6, 6.07) is 3.83. The van der Waals surface area contributed by atoms with Gasteiger partial charge in [-0.3, -0.25) is 0 Å². The third kappa shape index (κ3) is 1.46. The second kappa shape index (κ2) is 3.14. The quantitative estimate of drug-likeness (QED) is 0.737. The highest BCUT2D eigenvalue weighted by Crippen LogP contribution is 2.12. The Bertz CT molecular complexity index is 459. The van der Waals surface area contributed by atoms with E-state index in [1.807, 2.05) is 32.2 Å². The van der Waals surface area contributed by atoms with Gasteiger partial charge in [-0.2, -0.15) is 5.10 Å². The van der Waals surface area contributed by atoms with E-state index in [1.165, 1.54) is 0 Å². The van der Waals surface area contributed by atoms with Gasteiger partial charge in [0.2, 0.25) is 0 Å². The van der Waals surface area contributed by atoms with Gasteiger partial charge in [0.25, 0.3) is 0 Å². The predicted octanol–water partition coefficient (Wildman–Crippen LogP) is 1.47. The molecule has 0 atom stereocenters. The van der Waals surface area contributed by atoms with Gasteiger partial charge in [-0.1, -0.05) is 0 Å². The molecule has 2 N–H and O–H groups in total. The average Bonchev–Trinajstić information content (AvgIpc) is 2.51. The van der Waals surface area contributed by atoms with Crippen LogP contribution in [0.25, 0.3) is 5.82 Å². The summed E-state index contributed by atoms with van der Waals surface area (Å²) in [5.41, 5.74) is 8.29. The number of aromatic nitrogens is 3. The Hall–Kier alpha value is -1.84. The van der Waals surface area contributed by atoms with Crippen LogP contribution in [0.4, 0.5) is 5.69 Å². The lowest BCUT2D eigenvalue weighted by atomic mass is 10.3. The highest BCUT2D eigenvalue weighted by atomic mass is 15.3. The summed E-state index contributed by atoms with van der Waals surface area (Å²) in [5, 5.41) is 4.28. The van der Waals surface area contributed by atoms with E-state index in [0.29, 0.717) is 5.69 Å². The number of anilines is 1. The van der Waals surface area contributed by atoms with Crippen molar-refractivity contribution in [3.05, 3.63) is 35.8 Å². The Morgan fingerprint density at radius 3 is 2.71 bits per heavy atom. The molecule has 0 saturated heterocycles. The molecule has 0 saturated carbocycles. The number of hydrogen-bond donors (Lipinski definition) is 1. The standard InChI is InChI=1S/C10H12N4/c1-7-5-9(11)6-12-10(7)14-4-3-8(2)13-14/h3-6H,11H2,1-2H3. The number of aryl methyl sites for hydroxylation is 2. The fourth-order valence-electron chi connectivity index (χ4n) is 1.36. The Balaban J connectivity index is 2.52. The number of hydrogen-bond acceptors (Lipinski definition) is 3. The Labute approximate surface area is 82.4 Å². The maximum absolute atomic E-state index is 5.62. The smallest absolute Gasteiger partial charge is 0.156 e. The van der Waals surface area contributed by atoms with Gasteiger partial charge in [0.05, 0.1) is 17.6 Å². The lowest BCUT2D eigenvalue weighted by Crippen LogP contribution is -2.02. The van der Waals surface area contributed by atoms with Crippen LogP contribution in [-0.2, 0) is 0 Å². The lowest BCUT2D eigenvalue weighted by molar-refractivity contribution is 0.825. The summed E-state index contributed by atoms with van der Waals surface area (Å²) in [6.07, 6.45) is 3.53. The summed E-state index contributed by atoms with van der Waals surface area (Å²) in [6.45, 7) is 3.92. The molecule has 2 rings (SSSR count). The first-order chi connectivity index (χ1) is 6.66. The Morgan fingerprint density at radius 1 is 1.36 bits per heavy atom. The molecule has 0 fully saturated rings. The minimum atomic E-state index is 0.676. The van der Waals surface area contributed by atoms with Crippen LogP contribution in [0.3, 0.4) is 0 Å². The molecule has 2 heterocycles. The molecule has 0 aromatic carbocycles. The van der Waals surface area contributed by atoms with Gasteiger partial charge >= 0.3 is 0 Å². The molecule has 0 radical (unpaired) electrons. The Kier molecular flexibility index (Phi) is 1.96. The second-order valence-electron chi connectivity index (χ2n) is 3.31. The zero-order valence-corrected chi connectivity index (χ0v) is 8.23. The molecule has 0 spiro atoms. The molecule has 0 aliphatic rings. The van der Waals surface area contributed by atoms with Crippen molar-refractivity contribution in [3.63, 3.8) is 0 Å². The molecule has 2 aromatic rings. The molecular formula is C10H12N4. The molecule has 0 amide bonds. The van der Waals surface area contributed by atoms with Crippen LogP contribution in [0.1, 0.15) is 11.3 Å². The van der Waals surface area contributed by atoms with E-state index in [2.05, 4.69) is 10.1 Å². The molecule has 0 aliphatic carbocycles. The number of nitrogens with zero attached hydrogens (tertiary/aromatic N) is 3. The van der Waals surface area contributed by atoms with E-state index in [1.54, 1.807) is 10.9 Å². The molecule has 0 bridgehead atoms. The van der Waals surface area contributed by atoms with Gasteiger partial charge in [0.15, 0.2) is 5.82 Å². The zero-order chi connectivity index (χ0) is 10.1. The number of nitrogens with two attached hydrogens (primary N) is 1. The van der Waals surface area contributed by atoms with E-state index in [9.17, 15) is 0 Å². The average molecular weight is 188 g/mol. The van der Waals surface area contributed by atoms with Crippen LogP contribution in [0.5, 0.6) is 0 Å². The first kappa shape index (κ1) is 8.74. The van der Waals surface area contributed by atoms with Gasteiger partial charge in [0, 0.05) is 6.20 Å². The maximum atomic E-state index is 5.62. The summed E-state index contributed by atoms with van der Waals surface area (Å²) in [7, 11) is 0. The first-order valence-electron chi connectivity index (χ1n) is 4.41. The topological polar surface area (TPSA) is 56.7 Å². The van der Waals surface area contributed by atoms with Crippen molar-refractivity contribution in [2.45, 2.75) is 13.8 Å². The number of nitrogen functional groups attached to an aromatic ring is 1. The highest BCUT2D eigenvalue weighted by Gasteiger charge is 2.03. The second-order valence-corrected chi connectivity index (χ2v) is 3.31. The zero-order valence-electron chi connectivity index (χ0n) is 8.23. The van der Waals surface area contributed by atoms with Crippen LogP contribution in [0.15, 0.2) is 24.5 Å². The molecule has 72 valence electrons. The predicted molar refractivity (Wildman–Crippen MR) is 55.2 cm³/mol. The van der Waals surface area contributed by atoms with Gasteiger partial charge in [-0.25, -0.2) is 9.67 Å².